The van der Waals surface area contributed by atoms with Crippen LogP contribution in [0.4, 0.5) is 0 Å². The number of β-amino-alcohol motifs (C(OH)–C–C–N with tert-alkyl or cyclic N) is 1. The smallest absolute Gasteiger partial charge is 0.0793 e. The van der Waals surface area contributed by atoms with E-state index in [0.29, 0.717) is 0 Å². The molecule has 2 heterocycles. The number of aliphatic hydroxyl groups excluding tert-OH is 1. The predicted molar refractivity (Wildman–Crippen MR) is 116 cm³/mol. The molecule has 2 aliphatic heterocycles. The number of piperazine rings is 1. The topological polar surface area (TPSA) is 39.2 Å². The lowest BCUT2D eigenvalue weighted by atomic mass is 9.96. The molecule has 0 amide bonds. The summed E-state index contributed by atoms with van der Waals surface area (Å²) in [7, 11) is 0. The number of aliphatic hydroxyl groups is 1. The molecule has 4 rings (SSSR count). The first kappa shape index (κ1) is 20.5. The third kappa shape index (κ3) is 5.65. The Bertz CT molecular complexity index is 674. The Morgan fingerprint density at radius 2 is 1.17 bits per heavy atom. The predicted octanol–water partition coefficient (Wildman–Crippen LogP) is 2.09. The van der Waals surface area contributed by atoms with E-state index in [1.54, 1.807) is 0 Å². The molecule has 5 nitrogen and oxygen atoms in total. The van der Waals surface area contributed by atoms with Crippen molar-refractivity contribution in [1.82, 2.24) is 14.7 Å². The highest BCUT2D eigenvalue weighted by atomic mass is 16.5. The van der Waals surface area contributed by atoms with Crippen molar-refractivity contribution in [2.45, 2.75) is 12.1 Å². The van der Waals surface area contributed by atoms with Crippen LogP contribution in [0, 0.1) is 0 Å². The summed E-state index contributed by atoms with van der Waals surface area (Å²) in [5.74, 6) is 0. The molecule has 5 heteroatoms. The number of nitrogens with zero attached hydrogens (tertiary/aromatic N) is 3. The normalized spacial score (nSPS) is 20.8. The van der Waals surface area contributed by atoms with Crippen molar-refractivity contribution >= 4 is 0 Å². The second-order valence-corrected chi connectivity index (χ2v) is 8.13. The zero-order valence-corrected chi connectivity index (χ0v) is 17.2. The summed E-state index contributed by atoms with van der Waals surface area (Å²) in [6, 6.07) is 21.9. The number of rotatable bonds is 7. The van der Waals surface area contributed by atoms with Crippen LogP contribution < -0.4 is 0 Å². The Morgan fingerprint density at radius 1 is 0.690 bits per heavy atom. The highest BCUT2D eigenvalue weighted by Gasteiger charge is 2.27. The first-order valence-electron chi connectivity index (χ1n) is 10.8. The summed E-state index contributed by atoms with van der Waals surface area (Å²) >= 11 is 0. The SMILES string of the molecule is OC(CN1CCOCC1)CN1CCN(C(c2ccccc2)c2ccccc2)CC1. The molecule has 1 unspecified atom stereocenters. The van der Waals surface area contributed by atoms with E-state index in [1.807, 2.05) is 0 Å². The second kappa shape index (κ2) is 10.3. The molecular formula is C24H33N3O2. The number of ether oxygens (including phenoxy) is 1. The van der Waals surface area contributed by atoms with Crippen molar-refractivity contribution < 1.29 is 9.84 Å². The van der Waals surface area contributed by atoms with Crippen LogP contribution in [0.2, 0.25) is 0 Å². The first-order valence-corrected chi connectivity index (χ1v) is 10.8. The number of hydrogen-bond acceptors (Lipinski definition) is 5. The molecule has 2 aromatic carbocycles. The van der Waals surface area contributed by atoms with E-state index >= 15 is 0 Å². The van der Waals surface area contributed by atoms with Gasteiger partial charge in [-0.05, 0) is 11.1 Å². The Kier molecular flexibility index (Phi) is 7.30. The Morgan fingerprint density at radius 3 is 1.69 bits per heavy atom. The van der Waals surface area contributed by atoms with Gasteiger partial charge in [-0.25, -0.2) is 0 Å². The summed E-state index contributed by atoms with van der Waals surface area (Å²) in [5, 5.41) is 10.5. The number of hydrogen-bond donors (Lipinski definition) is 1. The Labute approximate surface area is 174 Å². The average Bonchev–Trinajstić information content (AvgIpc) is 2.77. The van der Waals surface area contributed by atoms with Gasteiger partial charge >= 0.3 is 0 Å². The number of benzene rings is 2. The van der Waals surface area contributed by atoms with Gasteiger partial charge < -0.3 is 9.84 Å². The monoisotopic (exact) mass is 395 g/mol. The molecule has 0 radical (unpaired) electrons. The largest absolute Gasteiger partial charge is 0.390 e. The van der Waals surface area contributed by atoms with Gasteiger partial charge in [0, 0.05) is 52.4 Å². The van der Waals surface area contributed by atoms with Gasteiger partial charge in [-0.2, -0.15) is 0 Å². The molecule has 0 bridgehead atoms. The fourth-order valence-corrected chi connectivity index (χ4v) is 4.53. The van der Waals surface area contributed by atoms with E-state index < -0.39 is 0 Å². The minimum absolute atomic E-state index is 0.290. The molecule has 156 valence electrons. The van der Waals surface area contributed by atoms with Gasteiger partial charge in [-0.1, -0.05) is 60.7 Å². The summed E-state index contributed by atoms with van der Waals surface area (Å²) < 4.78 is 5.40. The van der Waals surface area contributed by atoms with E-state index in [0.717, 1.165) is 65.6 Å². The molecule has 1 atom stereocenters. The molecule has 2 aliphatic rings. The number of morpholine rings is 1. The van der Waals surface area contributed by atoms with Gasteiger partial charge in [0.2, 0.25) is 0 Å². The van der Waals surface area contributed by atoms with E-state index in [2.05, 4.69) is 75.4 Å². The summed E-state index contributed by atoms with van der Waals surface area (Å²) in [6.45, 7) is 8.95. The lowest BCUT2D eigenvalue weighted by Crippen LogP contribution is -2.51. The van der Waals surface area contributed by atoms with Crippen molar-refractivity contribution in [3.63, 3.8) is 0 Å². The minimum atomic E-state index is -0.293. The molecule has 1 N–H and O–H groups in total. The summed E-state index contributed by atoms with van der Waals surface area (Å²) in [5.41, 5.74) is 2.69. The maximum Gasteiger partial charge on any atom is 0.0793 e. The lowest BCUT2D eigenvalue weighted by molar-refractivity contribution is 0.00123. The van der Waals surface area contributed by atoms with Crippen molar-refractivity contribution in [3.8, 4) is 0 Å². The second-order valence-electron chi connectivity index (χ2n) is 8.13. The zero-order valence-electron chi connectivity index (χ0n) is 17.2. The maximum absolute atomic E-state index is 10.5. The standard InChI is InChI=1S/C24H33N3O2/c28-23(20-26-15-17-29-18-16-26)19-25-11-13-27(14-12-25)24(21-7-3-1-4-8-21)22-9-5-2-6-10-22/h1-10,23-24,28H,11-20H2. The lowest BCUT2D eigenvalue weighted by Gasteiger charge is -2.40. The molecular weight excluding hydrogens is 362 g/mol. The van der Waals surface area contributed by atoms with Gasteiger partial charge in [-0.15, -0.1) is 0 Å². The van der Waals surface area contributed by atoms with Crippen molar-refractivity contribution in [1.29, 1.82) is 0 Å². The van der Waals surface area contributed by atoms with Crippen molar-refractivity contribution in [2.24, 2.45) is 0 Å². The van der Waals surface area contributed by atoms with Crippen LogP contribution in [0.1, 0.15) is 17.2 Å². The van der Waals surface area contributed by atoms with E-state index in [9.17, 15) is 5.11 Å². The minimum Gasteiger partial charge on any atom is -0.390 e. The van der Waals surface area contributed by atoms with E-state index in [1.165, 1.54) is 11.1 Å². The zero-order chi connectivity index (χ0) is 19.9. The summed E-state index contributed by atoms with van der Waals surface area (Å²) in [4.78, 5) is 7.30. The van der Waals surface area contributed by atoms with Gasteiger partial charge in [0.1, 0.15) is 0 Å². The maximum atomic E-state index is 10.5. The Hall–Kier alpha value is -1.76. The average molecular weight is 396 g/mol. The van der Waals surface area contributed by atoms with Crippen LogP contribution in [0.25, 0.3) is 0 Å². The van der Waals surface area contributed by atoms with Crippen LogP contribution in [0.15, 0.2) is 60.7 Å². The molecule has 0 aromatic heterocycles. The van der Waals surface area contributed by atoms with Crippen LogP contribution in [0.3, 0.4) is 0 Å². The van der Waals surface area contributed by atoms with Crippen LogP contribution in [0.5, 0.6) is 0 Å². The molecule has 29 heavy (non-hydrogen) atoms. The molecule has 2 fully saturated rings. The fraction of sp³-hybridized carbons (Fsp3) is 0.500. The first-order chi connectivity index (χ1) is 14.3. The molecule has 0 aliphatic carbocycles. The molecule has 2 aromatic rings. The van der Waals surface area contributed by atoms with E-state index in [4.69, 9.17) is 4.74 Å². The van der Waals surface area contributed by atoms with Gasteiger partial charge in [0.15, 0.2) is 0 Å². The third-order valence-electron chi connectivity index (χ3n) is 6.04. The van der Waals surface area contributed by atoms with Crippen molar-refractivity contribution in [3.05, 3.63) is 71.8 Å². The van der Waals surface area contributed by atoms with Crippen LogP contribution in [-0.2, 0) is 4.74 Å². The van der Waals surface area contributed by atoms with Crippen LogP contribution >= 0.6 is 0 Å². The van der Waals surface area contributed by atoms with Gasteiger partial charge in [-0.3, -0.25) is 14.7 Å². The van der Waals surface area contributed by atoms with Crippen LogP contribution in [-0.4, -0.2) is 91.5 Å². The third-order valence-corrected chi connectivity index (χ3v) is 6.04. The Balaban J connectivity index is 1.34. The fourth-order valence-electron chi connectivity index (χ4n) is 4.53. The molecule has 0 spiro atoms. The molecule has 2 saturated heterocycles. The van der Waals surface area contributed by atoms with Crippen molar-refractivity contribution in [2.75, 3.05) is 65.6 Å². The van der Waals surface area contributed by atoms with Gasteiger partial charge in [0.25, 0.3) is 0 Å². The summed E-state index contributed by atoms with van der Waals surface area (Å²) in [6.07, 6.45) is -0.293. The quantitative estimate of drug-likeness (QED) is 0.777. The van der Waals surface area contributed by atoms with Gasteiger partial charge in [0.05, 0.1) is 25.4 Å². The molecule has 0 saturated carbocycles. The highest BCUT2D eigenvalue weighted by Crippen LogP contribution is 2.29. The highest BCUT2D eigenvalue weighted by molar-refractivity contribution is 5.31. The van der Waals surface area contributed by atoms with E-state index in [-0.39, 0.29) is 12.1 Å².